The van der Waals surface area contributed by atoms with E-state index in [4.69, 9.17) is 4.42 Å². The Morgan fingerprint density at radius 2 is 1.64 bits per heavy atom. The number of hydrogen-bond acceptors (Lipinski definition) is 4. The van der Waals surface area contributed by atoms with Gasteiger partial charge in [0.2, 0.25) is 17.7 Å². The summed E-state index contributed by atoms with van der Waals surface area (Å²) >= 11 is 0. The first kappa shape index (κ1) is 19.8. The zero-order valence-corrected chi connectivity index (χ0v) is 17.2. The lowest BCUT2D eigenvalue weighted by molar-refractivity contribution is -0.130. The minimum Gasteiger partial charge on any atom is -0.419 e. The smallest absolute Gasteiger partial charge is 0.247 e. The van der Waals surface area contributed by atoms with Crippen LogP contribution in [-0.2, 0) is 23.2 Å². The van der Waals surface area contributed by atoms with Crippen molar-refractivity contribution in [2.45, 2.75) is 46.1 Å². The molecule has 1 amide bonds. The molecule has 2 aromatic carbocycles. The van der Waals surface area contributed by atoms with Crippen LogP contribution in [0.15, 0.2) is 52.9 Å². The van der Waals surface area contributed by atoms with Crippen molar-refractivity contribution in [2.24, 2.45) is 0 Å². The molecule has 0 aliphatic carbocycles. The molecule has 1 heterocycles. The van der Waals surface area contributed by atoms with Gasteiger partial charge in [-0.15, -0.1) is 10.2 Å². The van der Waals surface area contributed by atoms with E-state index in [-0.39, 0.29) is 17.9 Å². The summed E-state index contributed by atoms with van der Waals surface area (Å²) in [7, 11) is 1.75. The third-order valence-electron chi connectivity index (χ3n) is 4.74. The highest BCUT2D eigenvalue weighted by atomic mass is 16.4. The zero-order valence-electron chi connectivity index (χ0n) is 17.2. The van der Waals surface area contributed by atoms with Gasteiger partial charge in [-0.1, -0.05) is 62.7 Å². The second kappa shape index (κ2) is 7.97. The maximum atomic E-state index is 12.4. The normalized spacial score (nSPS) is 11.5. The molecule has 0 bridgehead atoms. The molecule has 0 N–H and O–H groups in total. The summed E-state index contributed by atoms with van der Waals surface area (Å²) < 4.78 is 5.77. The highest BCUT2D eigenvalue weighted by molar-refractivity contribution is 5.78. The molecule has 5 nitrogen and oxygen atoms in total. The van der Waals surface area contributed by atoms with Gasteiger partial charge in [0, 0.05) is 12.6 Å². The minimum atomic E-state index is 0.0122. The van der Waals surface area contributed by atoms with Crippen molar-refractivity contribution in [3.63, 3.8) is 0 Å². The maximum Gasteiger partial charge on any atom is 0.247 e. The van der Waals surface area contributed by atoms with E-state index >= 15 is 0 Å². The number of carbonyl (C=O) groups is 1. The van der Waals surface area contributed by atoms with Crippen LogP contribution >= 0.6 is 0 Å². The summed E-state index contributed by atoms with van der Waals surface area (Å²) in [5.41, 5.74) is 4.39. The van der Waals surface area contributed by atoms with E-state index in [1.165, 1.54) is 11.1 Å². The molecule has 0 spiro atoms. The monoisotopic (exact) mass is 377 g/mol. The lowest BCUT2D eigenvalue weighted by atomic mass is 9.87. The Bertz CT molecular complexity index is 935. The third kappa shape index (κ3) is 4.85. The first-order chi connectivity index (χ1) is 13.2. The average Bonchev–Trinajstić information content (AvgIpc) is 3.11. The number of aromatic nitrogens is 2. The van der Waals surface area contributed by atoms with Crippen LogP contribution in [0, 0.1) is 6.92 Å². The zero-order chi connectivity index (χ0) is 20.3. The van der Waals surface area contributed by atoms with E-state index in [0.717, 1.165) is 11.1 Å². The molecular formula is C23H27N3O2. The van der Waals surface area contributed by atoms with Gasteiger partial charge >= 0.3 is 0 Å². The molecule has 0 atom stereocenters. The van der Waals surface area contributed by atoms with Crippen LogP contribution in [0.5, 0.6) is 0 Å². The van der Waals surface area contributed by atoms with E-state index in [1.807, 2.05) is 43.3 Å². The van der Waals surface area contributed by atoms with Crippen molar-refractivity contribution < 1.29 is 9.21 Å². The molecular weight excluding hydrogens is 350 g/mol. The summed E-state index contributed by atoms with van der Waals surface area (Å²) in [5, 5.41) is 8.22. The topological polar surface area (TPSA) is 59.2 Å². The van der Waals surface area contributed by atoms with E-state index in [1.54, 1.807) is 11.9 Å². The predicted molar refractivity (Wildman–Crippen MR) is 110 cm³/mol. The molecule has 1 aromatic heterocycles. The Morgan fingerprint density at radius 1 is 1.00 bits per heavy atom. The molecule has 3 aromatic rings. The Hall–Kier alpha value is -2.95. The number of aryl methyl sites for hydroxylation is 1. The van der Waals surface area contributed by atoms with Gasteiger partial charge in [0.25, 0.3) is 0 Å². The van der Waals surface area contributed by atoms with Gasteiger partial charge in [-0.2, -0.15) is 0 Å². The average molecular weight is 377 g/mol. The molecule has 5 heteroatoms. The van der Waals surface area contributed by atoms with E-state index in [0.29, 0.717) is 18.2 Å². The van der Waals surface area contributed by atoms with Crippen molar-refractivity contribution in [1.82, 2.24) is 15.1 Å². The highest BCUT2D eigenvalue weighted by Crippen LogP contribution is 2.25. The van der Waals surface area contributed by atoms with Crippen molar-refractivity contribution in [3.05, 3.63) is 71.1 Å². The summed E-state index contributed by atoms with van der Waals surface area (Å²) in [4.78, 5) is 14.1. The fraction of sp³-hybridized carbons (Fsp3) is 0.348. The minimum absolute atomic E-state index is 0.0122. The van der Waals surface area contributed by atoms with Crippen LogP contribution < -0.4 is 0 Å². The summed E-state index contributed by atoms with van der Waals surface area (Å²) in [6, 6.07) is 16.1. The van der Waals surface area contributed by atoms with Crippen LogP contribution in [0.1, 0.15) is 43.4 Å². The number of carbonyl (C=O) groups excluding carboxylic acids is 1. The molecule has 3 rings (SSSR count). The molecule has 0 unspecified atom stereocenters. The molecule has 146 valence electrons. The molecule has 0 fully saturated rings. The van der Waals surface area contributed by atoms with Gasteiger partial charge in [0.15, 0.2) is 0 Å². The molecule has 0 radical (unpaired) electrons. The van der Waals surface area contributed by atoms with Gasteiger partial charge in [-0.05, 0) is 35.6 Å². The van der Waals surface area contributed by atoms with E-state index < -0.39 is 0 Å². The fourth-order valence-corrected chi connectivity index (χ4v) is 2.85. The van der Waals surface area contributed by atoms with Crippen LogP contribution in [0.4, 0.5) is 0 Å². The number of benzene rings is 2. The van der Waals surface area contributed by atoms with Gasteiger partial charge in [0.05, 0.1) is 13.0 Å². The lowest BCUT2D eigenvalue weighted by Crippen LogP contribution is -2.27. The molecule has 0 aliphatic heterocycles. The first-order valence-electron chi connectivity index (χ1n) is 9.45. The van der Waals surface area contributed by atoms with Gasteiger partial charge in [-0.25, -0.2) is 0 Å². The van der Waals surface area contributed by atoms with Gasteiger partial charge in [0.1, 0.15) is 0 Å². The first-order valence-corrected chi connectivity index (χ1v) is 9.45. The number of amides is 1. The fourth-order valence-electron chi connectivity index (χ4n) is 2.85. The second-order valence-electron chi connectivity index (χ2n) is 8.24. The van der Waals surface area contributed by atoms with Crippen LogP contribution in [0.2, 0.25) is 0 Å². The second-order valence-corrected chi connectivity index (χ2v) is 8.24. The van der Waals surface area contributed by atoms with Gasteiger partial charge < -0.3 is 9.32 Å². The molecule has 0 saturated heterocycles. The predicted octanol–water partition coefficient (Wildman–Crippen LogP) is 4.54. The quantitative estimate of drug-likeness (QED) is 0.655. The number of hydrogen-bond donors (Lipinski definition) is 0. The van der Waals surface area contributed by atoms with Crippen LogP contribution in [0.3, 0.4) is 0 Å². The Balaban J connectivity index is 1.63. The van der Waals surface area contributed by atoms with Crippen molar-refractivity contribution in [1.29, 1.82) is 0 Å². The number of nitrogens with zero attached hydrogens (tertiary/aromatic N) is 3. The summed E-state index contributed by atoms with van der Waals surface area (Å²) in [6.45, 7) is 8.85. The molecule has 0 saturated carbocycles. The Kier molecular flexibility index (Phi) is 5.63. The number of likely N-dealkylation sites (N-methyl/N-ethyl adjacent to an activating group) is 1. The SMILES string of the molecule is Cc1ccc(CC(=O)N(C)Cc2nnc(-c3ccc(C(C)(C)C)cc3)o2)cc1. The summed E-state index contributed by atoms with van der Waals surface area (Å²) in [6.07, 6.45) is 0.353. The Morgan fingerprint density at radius 3 is 2.25 bits per heavy atom. The molecule has 0 aliphatic rings. The standard InChI is InChI=1S/C23H27N3O2/c1-16-6-8-17(9-7-16)14-21(27)26(5)15-20-24-25-22(28-20)18-10-12-19(13-11-18)23(2,3)4/h6-13H,14-15H2,1-5H3. The summed E-state index contributed by atoms with van der Waals surface area (Å²) in [5.74, 6) is 0.905. The van der Waals surface area contributed by atoms with Crippen LogP contribution in [-0.4, -0.2) is 28.1 Å². The number of rotatable bonds is 5. The van der Waals surface area contributed by atoms with Crippen LogP contribution in [0.25, 0.3) is 11.5 Å². The lowest BCUT2D eigenvalue weighted by Gasteiger charge is -2.18. The van der Waals surface area contributed by atoms with E-state index in [2.05, 4.69) is 43.1 Å². The molecule has 28 heavy (non-hydrogen) atoms. The Labute approximate surface area is 166 Å². The highest BCUT2D eigenvalue weighted by Gasteiger charge is 2.17. The van der Waals surface area contributed by atoms with Crippen molar-refractivity contribution in [2.75, 3.05) is 7.05 Å². The van der Waals surface area contributed by atoms with Crippen molar-refractivity contribution in [3.8, 4) is 11.5 Å². The van der Waals surface area contributed by atoms with Gasteiger partial charge in [-0.3, -0.25) is 4.79 Å². The largest absolute Gasteiger partial charge is 0.419 e. The third-order valence-corrected chi connectivity index (χ3v) is 4.74. The van der Waals surface area contributed by atoms with Crippen molar-refractivity contribution >= 4 is 5.91 Å². The maximum absolute atomic E-state index is 12.4. The van der Waals surface area contributed by atoms with E-state index in [9.17, 15) is 4.79 Å².